The minimum absolute atomic E-state index is 0.326. The highest BCUT2D eigenvalue weighted by Crippen LogP contribution is 2.38. The number of fused-ring (bicyclic) bond motifs is 1. The summed E-state index contributed by atoms with van der Waals surface area (Å²) in [4.78, 5) is 0. The van der Waals surface area contributed by atoms with E-state index in [1.807, 2.05) is 37.2 Å². The standard InChI is InChI=1S/C17H20BBrO3/c1-11(10-18-21-16(2,3)17(4,5)22-18)15-9-12-8-13(19)6-7-14(12)20-15/h6-10H,1-5H3/b11-10-. The molecule has 22 heavy (non-hydrogen) atoms. The van der Waals surface area contributed by atoms with Gasteiger partial charge in [0.1, 0.15) is 11.3 Å². The molecular weight excluding hydrogens is 343 g/mol. The van der Waals surface area contributed by atoms with E-state index < -0.39 is 0 Å². The highest BCUT2D eigenvalue weighted by atomic mass is 79.9. The van der Waals surface area contributed by atoms with E-state index in [2.05, 4.69) is 43.6 Å². The third-order valence-electron chi connectivity index (χ3n) is 4.52. The molecule has 0 spiro atoms. The average molecular weight is 363 g/mol. The first-order valence-corrected chi connectivity index (χ1v) is 8.21. The van der Waals surface area contributed by atoms with Crippen LogP contribution in [0.5, 0.6) is 0 Å². The molecule has 1 aromatic carbocycles. The molecular formula is C17H20BBrO3. The van der Waals surface area contributed by atoms with Crippen LogP contribution in [0.4, 0.5) is 0 Å². The van der Waals surface area contributed by atoms with E-state index >= 15 is 0 Å². The Kier molecular flexibility index (Phi) is 3.79. The number of furan rings is 1. The maximum atomic E-state index is 6.00. The van der Waals surface area contributed by atoms with Gasteiger partial charge in [0.05, 0.1) is 11.2 Å². The third-order valence-corrected chi connectivity index (χ3v) is 5.02. The van der Waals surface area contributed by atoms with Gasteiger partial charge in [-0.1, -0.05) is 15.9 Å². The predicted molar refractivity (Wildman–Crippen MR) is 93.6 cm³/mol. The SMILES string of the molecule is C/C(=C/B1OC(C)(C)C(C)(C)O1)c1cc2cc(Br)ccc2o1. The molecule has 0 aliphatic carbocycles. The molecule has 116 valence electrons. The molecule has 1 fully saturated rings. The van der Waals surface area contributed by atoms with Crippen LogP contribution in [0.25, 0.3) is 16.5 Å². The van der Waals surface area contributed by atoms with Crippen LogP contribution in [-0.2, 0) is 9.31 Å². The Morgan fingerprint density at radius 1 is 1.09 bits per heavy atom. The van der Waals surface area contributed by atoms with Crippen LogP contribution in [-0.4, -0.2) is 18.3 Å². The molecule has 0 atom stereocenters. The normalized spacial score (nSPS) is 20.8. The number of allylic oxidation sites excluding steroid dienone is 1. The van der Waals surface area contributed by atoms with E-state index in [1.165, 1.54) is 0 Å². The summed E-state index contributed by atoms with van der Waals surface area (Å²) in [5.41, 5.74) is 1.23. The summed E-state index contributed by atoms with van der Waals surface area (Å²) in [6, 6.07) is 8.02. The quantitative estimate of drug-likeness (QED) is 0.685. The van der Waals surface area contributed by atoms with Crippen molar-refractivity contribution in [3.8, 4) is 0 Å². The lowest BCUT2D eigenvalue weighted by Gasteiger charge is -2.32. The van der Waals surface area contributed by atoms with Gasteiger partial charge < -0.3 is 13.7 Å². The second-order valence-corrected chi connectivity index (χ2v) is 7.68. The summed E-state index contributed by atoms with van der Waals surface area (Å²) in [5.74, 6) is 2.81. The van der Waals surface area contributed by atoms with Gasteiger partial charge in [0.15, 0.2) is 0 Å². The van der Waals surface area contributed by atoms with Crippen LogP contribution in [0.1, 0.15) is 40.4 Å². The Balaban J connectivity index is 1.88. The van der Waals surface area contributed by atoms with Crippen molar-refractivity contribution in [3.05, 3.63) is 40.5 Å². The summed E-state index contributed by atoms with van der Waals surface area (Å²) in [6.07, 6.45) is 0. The van der Waals surface area contributed by atoms with Crippen molar-refractivity contribution < 1.29 is 13.7 Å². The van der Waals surface area contributed by atoms with Crippen molar-refractivity contribution in [2.24, 2.45) is 0 Å². The number of halogens is 1. The molecule has 0 unspecified atom stereocenters. The van der Waals surface area contributed by atoms with Gasteiger partial charge in [-0.15, -0.1) is 0 Å². The maximum Gasteiger partial charge on any atom is 0.487 e. The molecule has 1 saturated heterocycles. The second kappa shape index (κ2) is 5.26. The molecule has 0 bridgehead atoms. The lowest BCUT2D eigenvalue weighted by molar-refractivity contribution is 0.00578. The molecule has 5 heteroatoms. The molecule has 0 saturated carbocycles. The molecule has 1 aromatic heterocycles. The monoisotopic (exact) mass is 362 g/mol. The van der Waals surface area contributed by atoms with Crippen LogP contribution >= 0.6 is 15.9 Å². The zero-order valence-corrected chi connectivity index (χ0v) is 15.2. The van der Waals surface area contributed by atoms with Gasteiger partial charge in [-0.05, 0) is 70.4 Å². The highest BCUT2D eigenvalue weighted by Gasteiger charge is 2.50. The molecule has 0 radical (unpaired) electrons. The van der Waals surface area contributed by atoms with E-state index in [1.54, 1.807) is 0 Å². The van der Waals surface area contributed by atoms with Gasteiger partial charge in [-0.25, -0.2) is 0 Å². The zero-order valence-electron chi connectivity index (χ0n) is 13.6. The highest BCUT2D eigenvalue weighted by molar-refractivity contribution is 9.10. The first-order chi connectivity index (χ1) is 10.2. The Morgan fingerprint density at radius 2 is 1.73 bits per heavy atom. The molecule has 3 rings (SSSR count). The van der Waals surface area contributed by atoms with Crippen molar-refractivity contribution >= 4 is 39.6 Å². The fourth-order valence-electron chi connectivity index (χ4n) is 2.45. The smallest absolute Gasteiger partial charge is 0.456 e. The van der Waals surface area contributed by atoms with Gasteiger partial charge in [0, 0.05) is 9.86 Å². The molecule has 2 aromatic rings. The summed E-state index contributed by atoms with van der Waals surface area (Å²) < 4.78 is 18.9. The minimum Gasteiger partial charge on any atom is -0.456 e. The van der Waals surface area contributed by atoms with Gasteiger partial charge in [-0.3, -0.25) is 0 Å². The zero-order chi connectivity index (χ0) is 16.1. The van der Waals surface area contributed by atoms with E-state index in [0.717, 1.165) is 26.8 Å². The van der Waals surface area contributed by atoms with Crippen LogP contribution in [0.3, 0.4) is 0 Å². The number of hydrogen-bond acceptors (Lipinski definition) is 3. The predicted octanol–water partition coefficient (Wildman–Crippen LogP) is 5.23. The molecule has 0 amide bonds. The summed E-state index contributed by atoms with van der Waals surface area (Å²) in [7, 11) is -0.357. The fraction of sp³-hybridized carbons (Fsp3) is 0.412. The van der Waals surface area contributed by atoms with Gasteiger partial charge in [0.25, 0.3) is 0 Å². The number of rotatable bonds is 2. The third kappa shape index (κ3) is 2.77. The molecule has 2 heterocycles. The van der Waals surface area contributed by atoms with Crippen molar-refractivity contribution in [1.82, 2.24) is 0 Å². The lowest BCUT2D eigenvalue weighted by Crippen LogP contribution is -2.41. The summed E-state index contributed by atoms with van der Waals surface area (Å²) in [6.45, 7) is 10.2. The van der Waals surface area contributed by atoms with Crippen molar-refractivity contribution in [3.63, 3.8) is 0 Å². The largest absolute Gasteiger partial charge is 0.487 e. The number of hydrogen-bond donors (Lipinski definition) is 0. The lowest BCUT2D eigenvalue weighted by atomic mass is 9.87. The summed E-state index contributed by atoms with van der Waals surface area (Å²) >= 11 is 3.48. The summed E-state index contributed by atoms with van der Waals surface area (Å²) in [5, 5.41) is 1.08. The van der Waals surface area contributed by atoms with Crippen LogP contribution < -0.4 is 0 Å². The van der Waals surface area contributed by atoms with Crippen LogP contribution in [0.2, 0.25) is 0 Å². The van der Waals surface area contributed by atoms with Crippen LogP contribution in [0.15, 0.2) is 39.1 Å². The van der Waals surface area contributed by atoms with E-state index in [4.69, 9.17) is 13.7 Å². The van der Waals surface area contributed by atoms with Crippen molar-refractivity contribution in [2.75, 3.05) is 0 Å². The Bertz CT molecular complexity index is 729. The first-order valence-electron chi connectivity index (χ1n) is 7.41. The maximum absolute atomic E-state index is 6.00. The first kappa shape index (κ1) is 15.8. The van der Waals surface area contributed by atoms with Gasteiger partial charge in [-0.2, -0.15) is 0 Å². The van der Waals surface area contributed by atoms with Gasteiger partial charge >= 0.3 is 7.12 Å². The average Bonchev–Trinajstić information content (AvgIpc) is 2.87. The topological polar surface area (TPSA) is 31.6 Å². The van der Waals surface area contributed by atoms with Crippen molar-refractivity contribution in [2.45, 2.75) is 45.8 Å². The number of benzene rings is 1. The van der Waals surface area contributed by atoms with Crippen molar-refractivity contribution in [1.29, 1.82) is 0 Å². The Hall–Kier alpha value is -1.04. The van der Waals surface area contributed by atoms with Crippen LogP contribution in [0, 0.1) is 0 Å². The molecule has 1 aliphatic heterocycles. The Labute approximate surface area is 139 Å². The fourth-order valence-corrected chi connectivity index (χ4v) is 2.83. The van der Waals surface area contributed by atoms with E-state index in [9.17, 15) is 0 Å². The molecule has 1 aliphatic rings. The van der Waals surface area contributed by atoms with Gasteiger partial charge in [0.2, 0.25) is 0 Å². The molecule has 3 nitrogen and oxygen atoms in total. The second-order valence-electron chi connectivity index (χ2n) is 6.77. The Morgan fingerprint density at radius 3 is 2.36 bits per heavy atom. The van der Waals surface area contributed by atoms with E-state index in [-0.39, 0.29) is 18.3 Å². The van der Waals surface area contributed by atoms with E-state index in [0.29, 0.717) is 0 Å². The minimum atomic E-state index is -0.357. The molecule has 0 N–H and O–H groups in total.